The fourth-order valence-electron chi connectivity index (χ4n) is 1.13. The van der Waals surface area contributed by atoms with E-state index in [0.717, 1.165) is 5.25 Å². The summed E-state index contributed by atoms with van der Waals surface area (Å²) in [6.45, 7) is 6.71. The van der Waals surface area contributed by atoms with Crippen molar-refractivity contribution < 1.29 is 0 Å². The number of aromatic nitrogens is 1. The second kappa shape index (κ2) is 5.28. The molecule has 0 spiro atoms. The van der Waals surface area contributed by atoms with Gasteiger partial charge in [0, 0.05) is 16.7 Å². The van der Waals surface area contributed by atoms with Gasteiger partial charge in [-0.05, 0) is 25.5 Å². The zero-order valence-corrected chi connectivity index (χ0v) is 9.34. The van der Waals surface area contributed by atoms with E-state index in [-0.39, 0.29) is 0 Å². The molecule has 2 unspecified atom stereocenters. The summed E-state index contributed by atoms with van der Waals surface area (Å²) < 4.78 is 0. The fourth-order valence-corrected chi connectivity index (χ4v) is 2.30. The number of thioether (sulfide) groups is 1. The molecule has 0 aliphatic rings. The maximum absolute atomic E-state index is 4.35. The van der Waals surface area contributed by atoms with Crippen molar-refractivity contribution in [3.05, 3.63) is 30.1 Å². The molecule has 0 radical (unpaired) electrons. The SMILES string of the molecule is CCC(C)SC(C)c1ccccn1. The van der Waals surface area contributed by atoms with Gasteiger partial charge in [0.25, 0.3) is 0 Å². The van der Waals surface area contributed by atoms with Crippen LogP contribution in [0.3, 0.4) is 0 Å². The molecule has 0 aliphatic carbocycles. The fraction of sp³-hybridized carbons (Fsp3) is 0.545. The number of rotatable bonds is 4. The van der Waals surface area contributed by atoms with Crippen LogP contribution in [0.4, 0.5) is 0 Å². The minimum atomic E-state index is 0.510. The molecule has 0 bridgehead atoms. The lowest BCUT2D eigenvalue weighted by Gasteiger charge is -2.14. The van der Waals surface area contributed by atoms with Gasteiger partial charge < -0.3 is 0 Å². The first-order chi connectivity index (χ1) is 6.24. The van der Waals surface area contributed by atoms with Gasteiger partial charge >= 0.3 is 0 Å². The summed E-state index contributed by atoms with van der Waals surface area (Å²) in [5.41, 5.74) is 1.19. The Hall–Kier alpha value is -0.500. The summed E-state index contributed by atoms with van der Waals surface area (Å²) in [7, 11) is 0. The van der Waals surface area contributed by atoms with Crippen molar-refractivity contribution in [3.8, 4) is 0 Å². The number of hydrogen-bond acceptors (Lipinski definition) is 2. The molecule has 1 rings (SSSR count). The Labute approximate surface area is 85.0 Å². The second-order valence-corrected chi connectivity index (χ2v) is 5.04. The van der Waals surface area contributed by atoms with Crippen molar-refractivity contribution in [1.82, 2.24) is 4.98 Å². The van der Waals surface area contributed by atoms with Crippen LogP contribution in [0.25, 0.3) is 0 Å². The van der Waals surface area contributed by atoms with Crippen LogP contribution < -0.4 is 0 Å². The normalized spacial score (nSPS) is 15.3. The highest BCUT2D eigenvalue weighted by Crippen LogP contribution is 2.31. The molecule has 1 nitrogen and oxygen atoms in total. The van der Waals surface area contributed by atoms with Gasteiger partial charge in [-0.15, -0.1) is 11.8 Å². The lowest BCUT2D eigenvalue weighted by molar-refractivity contribution is 0.888. The third-order valence-corrected chi connectivity index (χ3v) is 3.56. The van der Waals surface area contributed by atoms with E-state index in [0.29, 0.717) is 5.25 Å². The number of hydrogen-bond donors (Lipinski definition) is 0. The van der Waals surface area contributed by atoms with E-state index in [1.165, 1.54) is 12.1 Å². The van der Waals surface area contributed by atoms with Crippen LogP contribution in [0.2, 0.25) is 0 Å². The minimum Gasteiger partial charge on any atom is -0.260 e. The van der Waals surface area contributed by atoms with Gasteiger partial charge in [-0.3, -0.25) is 4.98 Å². The highest BCUT2D eigenvalue weighted by Gasteiger charge is 2.09. The van der Waals surface area contributed by atoms with Crippen LogP contribution in [0.15, 0.2) is 24.4 Å². The van der Waals surface area contributed by atoms with Crippen LogP contribution in [0.5, 0.6) is 0 Å². The Kier molecular flexibility index (Phi) is 4.29. The van der Waals surface area contributed by atoms with Gasteiger partial charge in [0.2, 0.25) is 0 Å². The van der Waals surface area contributed by atoms with Crippen LogP contribution in [-0.2, 0) is 0 Å². The van der Waals surface area contributed by atoms with E-state index in [9.17, 15) is 0 Å². The summed E-state index contributed by atoms with van der Waals surface area (Å²) >= 11 is 1.99. The lowest BCUT2D eigenvalue weighted by atomic mass is 10.3. The molecule has 1 heterocycles. The monoisotopic (exact) mass is 195 g/mol. The maximum atomic E-state index is 4.35. The molecule has 0 aromatic carbocycles. The standard InChI is InChI=1S/C11H17NS/c1-4-9(2)13-10(3)11-7-5-6-8-12-11/h5-10H,4H2,1-3H3. The average Bonchev–Trinajstić information content (AvgIpc) is 2.19. The summed E-state index contributed by atoms with van der Waals surface area (Å²) in [5, 5.41) is 1.23. The first kappa shape index (κ1) is 10.6. The Morgan fingerprint density at radius 2 is 2.15 bits per heavy atom. The molecular formula is C11H17NS. The first-order valence-corrected chi connectivity index (χ1v) is 5.74. The molecule has 0 N–H and O–H groups in total. The highest BCUT2D eigenvalue weighted by molar-refractivity contribution is 8.00. The van der Waals surface area contributed by atoms with Gasteiger partial charge in [-0.25, -0.2) is 0 Å². The van der Waals surface area contributed by atoms with E-state index in [1.54, 1.807) is 0 Å². The summed E-state index contributed by atoms with van der Waals surface area (Å²) in [4.78, 5) is 4.35. The first-order valence-electron chi connectivity index (χ1n) is 4.80. The summed E-state index contributed by atoms with van der Waals surface area (Å²) in [6, 6.07) is 6.11. The van der Waals surface area contributed by atoms with E-state index in [4.69, 9.17) is 0 Å². The van der Waals surface area contributed by atoms with Gasteiger partial charge in [-0.2, -0.15) is 0 Å². The van der Waals surface area contributed by atoms with Crippen molar-refractivity contribution in [2.24, 2.45) is 0 Å². The topological polar surface area (TPSA) is 12.9 Å². The molecule has 0 saturated heterocycles. The average molecular weight is 195 g/mol. The highest BCUT2D eigenvalue weighted by atomic mass is 32.2. The molecule has 13 heavy (non-hydrogen) atoms. The van der Waals surface area contributed by atoms with E-state index in [1.807, 2.05) is 24.0 Å². The van der Waals surface area contributed by atoms with Crippen LogP contribution in [-0.4, -0.2) is 10.2 Å². The molecule has 1 aromatic heterocycles. The largest absolute Gasteiger partial charge is 0.260 e. The van der Waals surface area contributed by atoms with Gasteiger partial charge in [0.15, 0.2) is 0 Å². The van der Waals surface area contributed by atoms with E-state index >= 15 is 0 Å². The third kappa shape index (κ3) is 3.39. The third-order valence-electron chi connectivity index (χ3n) is 2.12. The summed E-state index contributed by atoms with van der Waals surface area (Å²) in [5.74, 6) is 0. The van der Waals surface area contributed by atoms with Crippen molar-refractivity contribution in [2.75, 3.05) is 0 Å². The molecule has 2 atom stereocenters. The molecule has 0 fully saturated rings. The van der Waals surface area contributed by atoms with Gasteiger partial charge in [0.1, 0.15) is 0 Å². The molecule has 0 amide bonds. The quantitative estimate of drug-likeness (QED) is 0.727. The number of nitrogens with zero attached hydrogens (tertiary/aromatic N) is 1. The Morgan fingerprint density at radius 1 is 1.38 bits per heavy atom. The molecule has 2 heteroatoms. The van der Waals surface area contributed by atoms with Crippen molar-refractivity contribution in [3.63, 3.8) is 0 Å². The van der Waals surface area contributed by atoms with Gasteiger partial charge in [-0.1, -0.05) is 19.9 Å². The van der Waals surface area contributed by atoms with E-state index in [2.05, 4.69) is 37.9 Å². The maximum Gasteiger partial charge on any atom is 0.0530 e. The smallest absolute Gasteiger partial charge is 0.0530 e. The number of pyridine rings is 1. The molecule has 1 aromatic rings. The zero-order chi connectivity index (χ0) is 9.68. The van der Waals surface area contributed by atoms with Crippen molar-refractivity contribution in [1.29, 1.82) is 0 Å². The van der Waals surface area contributed by atoms with Crippen molar-refractivity contribution >= 4 is 11.8 Å². The van der Waals surface area contributed by atoms with E-state index < -0.39 is 0 Å². The Bertz CT molecular complexity index is 235. The summed E-state index contributed by atoms with van der Waals surface area (Å²) in [6.07, 6.45) is 3.09. The Morgan fingerprint density at radius 3 is 2.69 bits per heavy atom. The lowest BCUT2D eigenvalue weighted by Crippen LogP contribution is -1.99. The molecular weight excluding hydrogens is 178 g/mol. The van der Waals surface area contributed by atoms with Gasteiger partial charge in [0.05, 0.1) is 5.69 Å². The Balaban J connectivity index is 2.53. The van der Waals surface area contributed by atoms with Crippen LogP contribution >= 0.6 is 11.8 Å². The second-order valence-electron chi connectivity index (χ2n) is 3.25. The molecule has 0 saturated carbocycles. The predicted octanol–water partition coefficient (Wildman–Crippen LogP) is 3.67. The zero-order valence-electron chi connectivity index (χ0n) is 8.53. The van der Waals surface area contributed by atoms with Crippen LogP contribution in [0.1, 0.15) is 38.1 Å². The molecule has 0 aliphatic heterocycles. The van der Waals surface area contributed by atoms with Crippen LogP contribution in [0, 0.1) is 0 Å². The minimum absolute atomic E-state index is 0.510. The molecule has 72 valence electrons. The predicted molar refractivity (Wildman–Crippen MR) is 60.0 cm³/mol. The van der Waals surface area contributed by atoms with Crippen molar-refractivity contribution in [2.45, 2.75) is 37.7 Å².